The van der Waals surface area contributed by atoms with E-state index in [1.54, 1.807) is 37.5 Å². The fraction of sp³-hybridized carbons (Fsp3) is 0.167. The Bertz CT molecular complexity index is 796. The highest BCUT2D eigenvalue weighted by Crippen LogP contribution is 2.22. The van der Waals surface area contributed by atoms with E-state index in [2.05, 4.69) is 0 Å². The molecule has 24 heavy (non-hydrogen) atoms. The van der Waals surface area contributed by atoms with E-state index in [0.717, 1.165) is 4.88 Å². The summed E-state index contributed by atoms with van der Waals surface area (Å²) in [5.74, 6) is 0.243. The standard InChI is InChI=1S/C18H15N3O2S/c1-23-16-7-5-15(6-8-16)21(10-3-9-19)18(22)14(13-20)12-17-4-2-11-24-17/h2,4-8,11-12H,3,10H2,1H3/b14-12+. The van der Waals surface area contributed by atoms with Gasteiger partial charge >= 0.3 is 0 Å². The molecule has 1 aromatic carbocycles. The fourth-order valence-corrected chi connectivity index (χ4v) is 2.73. The van der Waals surface area contributed by atoms with E-state index in [4.69, 9.17) is 10.00 Å². The molecule has 0 atom stereocenters. The van der Waals surface area contributed by atoms with Crippen molar-refractivity contribution < 1.29 is 9.53 Å². The predicted molar refractivity (Wildman–Crippen MR) is 93.5 cm³/mol. The van der Waals surface area contributed by atoms with Gasteiger partial charge in [0.15, 0.2) is 0 Å². The fourth-order valence-electron chi connectivity index (χ4n) is 2.07. The van der Waals surface area contributed by atoms with Gasteiger partial charge in [0.1, 0.15) is 17.4 Å². The van der Waals surface area contributed by atoms with E-state index in [1.807, 2.05) is 29.7 Å². The van der Waals surface area contributed by atoms with Crippen molar-refractivity contribution in [3.05, 3.63) is 52.2 Å². The Labute approximate surface area is 144 Å². The maximum Gasteiger partial charge on any atom is 0.269 e. The molecule has 0 saturated carbocycles. The third-order valence-corrected chi connectivity index (χ3v) is 4.08. The molecule has 6 heteroatoms. The van der Waals surface area contributed by atoms with Crippen LogP contribution in [0.5, 0.6) is 5.75 Å². The van der Waals surface area contributed by atoms with Crippen LogP contribution in [0.25, 0.3) is 6.08 Å². The summed E-state index contributed by atoms with van der Waals surface area (Å²) in [4.78, 5) is 15.0. The second-order valence-corrected chi connectivity index (χ2v) is 5.73. The van der Waals surface area contributed by atoms with Gasteiger partial charge in [-0.1, -0.05) is 6.07 Å². The zero-order valence-corrected chi connectivity index (χ0v) is 13.9. The van der Waals surface area contributed by atoms with Crippen LogP contribution in [0.2, 0.25) is 0 Å². The maximum atomic E-state index is 12.8. The molecule has 0 unspecified atom stereocenters. The molecule has 0 saturated heterocycles. The minimum Gasteiger partial charge on any atom is -0.497 e. The molecule has 120 valence electrons. The number of carbonyl (C=O) groups excluding carboxylic acids is 1. The minimum atomic E-state index is -0.425. The molecule has 0 bridgehead atoms. The van der Waals surface area contributed by atoms with Crippen molar-refractivity contribution in [2.75, 3.05) is 18.6 Å². The quantitative estimate of drug-likeness (QED) is 0.596. The molecule has 1 heterocycles. The molecule has 1 amide bonds. The van der Waals surface area contributed by atoms with E-state index >= 15 is 0 Å². The highest BCUT2D eigenvalue weighted by molar-refractivity contribution is 7.10. The monoisotopic (exact) mass is 337 g/mol. The van der Waals surface area contributed by atoms with Crippen LogP contribution >= 0.6 is 11.3 Å². The summed E-state index contributed by atoms with van der Waals surface area (Å²) in [6.07, 6.45) is 1.74. The smallest absolute Gasteiger partial charge is 0.269 e. The predicted octanol–water partition coefficient (Wildman–Crippen LogP) is 3.61. The lowest BCUT2D eigenvalue weighted by Gasteiger charge is -2.21. The molecule has 0 radical (unpaired) electrons. The Hall–Kier alpha value is -3.09. The largest absolute Gasteiger partial charge is 0.497 e. The Balaban J connectivity index is 2.33. The zero-order valence-electron chi connectivity index (χ0n) is 13.1. The lowest BCUT2D eigenvalue weighted by molar-refractivity contribution is -0.114. The Morgan fingerprint density at radius 1 is 1.29 bits per heavy atom. The first-order valence-electron chi connectivity index (χ1n) is 7.17. The van der Waals surface area contributed by atoms with Crippen molar-refractivity contribution in [2.45, 2.75) is 6.42 Å². The normalized spacial score (nSPS) is 10.5. The zero-order chi connectivity index (χ0) is 17.4. The topological polar surface area (TPSA) is 77.1 Å². The van der Waals surface area contributed by atoms with E-state index in [0.29, 0.717) is 11.4 Å². The van der Waals surface area contributed by atoms with Crippen molar-refractivity contribution in [1.29, 1.82) is 10.5 Å². The second kappa shape index (κ2) is 8.52. The number of rotatable bonds is 6. The molecular weight excluding hydrogens is 322 g/mol. The minimum absolute atomic E-state index is 0.0335. The average Bonchev–Trinajstić information content (AvgIpc) is 3.13. The van der Waals surface area contributed by atoms with Crippen LogP contribution in [0.15, 0.2) is 47.4 Å². The SMILES string of the molecule is COc1ccc(N(CCC#N)C(=O)/C(C#N)=C/c2cccs2)cc1. The number of thiophene rings is 1. The lowest BCUT2D eigenvalue weighted by Crippen LogP contribution is -2.32. The number of nitriles is 2. The van der Waals surface area contributed by atoms with Crippen molar-refractivity contribution >= 4 is 29.0 Å². The van der Waals surface area contributed by atoms with Crippen LogP contribution in [-0.2, 0) is 4.79 Å². The molecule has 1 aromatic heterocycles. The number of amides is 1. The van der Waals surface area contributed by atoms with Gasteiger partial charge in [-0.3, -0.25) is 4.79 Å². The Morgan fingerprint density at radius 3 is 2.58 bits per heavy atom. The summed E-state index contributed by atoms with van der Waals surface area (Å²) in [6.45, 7) is 0.213. The van der Waals surface area contributed by atoms with Gasteiger partial charge in [-0.25, -0.2) is 0 Å². The van der Waals surface area contributed by atoms with E-state index in [9.17, 15) is 10.1 Å². The molecule has 5 nitrogen and oxygen atoms in total. The van der Waals surface area contributed by atoms with Crippen LogP contribution < -0.4 is 9.64 Å². The van der Waals surface area contributed by atoms with Gasteiger partial charge in [0, 0.05) is 17.1 Å². The van der Waals surface area contributed by atoms with Gasteiger partial charge in [0.05, 0.1) is 19.6 Å². The van der Waals surface area contributed by atoms with E-state index < -0.39 is 5.91 Å². The highest BCUT2D eigenvalue weighted by Gasteiger charge is 2.20. The molecule has 0 aliphatic rings. The van der Waals surface area contributed by atoms with Crippen LogP contribution in [0.1, 0.15) is 11.3 Å². The van der Waals surface area contributed by atoms with Crippen LogP contribution in [0.4, 0.5) is 5.69 Å². The second-order valence-electron chi connectivity index (χ2n) is 4.75. The number of benzene rings is 1. The molecule has 0 aliphatic carbocycles. The van der Waals surface area contributed by atoms with Gasteiger partial charge in [0.25, 0.3) is 5.91 Å². The summed E-state index contributed by atoms with van der Waals surface area (Å²) in [6, 6.07) is 14.6. The first-order chi connectivity index (χ1) is 11.7. The number of hydrogen-bond acceptors (Lipinski definition) is 5. The van der Waals surface area contributed by atoms with Gasteiger partial charge < -0.3 is 9.64 Å². The molecule has 0 N–H and O–H groups in total. The first kappa shape index (κ1) is 17.3. The molecule has 2 aromatic rings. The molecule has 2 rings (SSSR count). The molecule has 0 aliphatic heterocycles. The Kier molecular flexibility index (Phi) is 6.13. The number of ether oxygens (including phenoxy) is 1. The first-order valence-corrected chi connectivity index (χ1v) is 8.05. The number of carbonyl (C=O) groups is 1. The highest BCUT2D eigenvalue weighted by atomic mass is 32.1. The summed E-state index contributed by atoms with van der Waals surface area (Å²) >= 11 is 1.45. The molecular formula is C18H15N3O2S. The lowest BCUT2D eigenvalue weighted by atomic mass is 10.2. The summed E-state index contributed by atoms with van der Waals surface area (Å²) in [5.41, 5.74) is 0.648. The number of hydrogen-bond donors (Lipinski definition) is 0. The average molecular weight is 337 g/mol. The number of anilines is 1. The summed E-state index contributed by atoms with van der Waals surface area (Å²) in [7, 11) is 1.56. The molecule has 0 fully saturated rings. The maximum absolute atomic E-state index is 12.8. The van der Waals surface area contributed by atoms with Crippen LogP contribution in [0.3, 0.4) is 0 Å². The summed E-state index contributed by atoms with van der Waals surface area (Å²) < 4.78 is 5.11. The Morgan fingerprint density at radius 2 is 2.04 bits per heavy atom. The third-order valence-electron chi connectivity index (χ3n) is 3.26. The number of nitrogens with zero attached hydrogens (tertiary/aromatic N) is 3. The molecule has 0 spiro atoms. The van der Waals surface area contributed by atoms with Crippen molar-refractivity contribution in [3.63, 3.8) is 0 Å². The van der Waals surface area contributed by atoms with Gasteiger partial charge in [0.2, 0.25) is 0 Å². The van der Waals surface area contributed by atoms with Crippen LogP contribution in [-0.4, -0.2) is 19.6 Å². The summed E-state index contributed by atoms with van der Waals surface area (Å²) in [5, 5.41) is 20.1. The third kappa shape index (κ3) is 4.22. The van der Waals surface area contributed by atoms with Crippen molar-refractivity contribution in [3.8, 4) is 17.9 Å². The number of methoxy groups -OCH3 is 1. The van der Waals surface area contributed by atoms with Crippen LogP contribution in [0, 0.1) is 22.7 Å². The van der Waals surface area contributed by atoms with Gasteiger partial charge in [-0.2, -0.15) is 10.5 Å². The van der Waals surface area contributed by atoms with E-state index in [-0.39, 0.29) is 18.5 Å². The van der Waals surface area contributed by atoms with Crippen molar-refractivity contribution in [1.82, 2.24) is 0 Å². The van der Waals surface area contributed by atoms with Crippen molar-refractivity contribution in [2.24, 2.45) is 0 Å². The van der Waals surface area contributed by atoms with E-state index in [1.165, 1.54) is 16.2 Å². The van der Waals surface area contributed by atoms with Gasteiger partial charge in [-0.15, -0.1) is 11.3 Å². The van der Waals surface area contributed by atoms with Gasteiger partial charge in [-0.05, 0) is 41.8 Å².